The minimum absolute atomic E-state index is 0.0592. The number of benzene rings is 1. The van der Waals surface area contributed by atoms with Gasteiger partial charge >= 0.3 is 0 Å². The van der Waals surface area contributed by atoms with Crippen molar-refractivity contribution in [2.45, 2.75) is 19.4 Å². The van der Waals surface area contributed by atoms with Crippen LogP contribution in [0.25, 0.3) is 0 Å². The first-order chi connectivity index (χ1) is 11.9. The molecule has 1 aromatic carbocycles. The molecule has 1 unspecified atom stereocenters. The van der Waals surface area contributed by atoms with E-state index in [9.17, 15) is 9.59 Å². The van der Waals surface area contributed by atoms with Gasteiger partial charge in [0.05, 0.1) is 12.7 Å². The molecule has 2 heterocycles. The average Bonchev–Trinajstić information content (AvgIpc) is 3.03. The molecule has 1 aliphatic heterocycles. The average molecular weight is 341 g/mol. The molecule has 0 saturated carbocycles. The Bertz CT molecular complexity index is 766. The Kier molecular flexibility index (Phi) is 4.85. The van der Waals surface area contributed by atoms with Gasteiger partial charge in [-0.25, -0.2) is 0 Å². The molecular formula is C18H23N5O2. The summed E-state index contributed by atoms with van der Waals surface area (Å²) in [5, 5.41) is 10.0. The third-order valence-corrected chi connectivity index (χ3v) is 4.36. The highest BCUT2D eigenvalue weighted by Crippen LogP contribution is 2.25. The van der Waals surface area contributed by atoms with Crippen LogP contribution in [0.3, 0.4) is 0 Å². The van der Waals surface area contributed by atoms with Crippen LogP contribution < -0.4 is 5.32 Å². The van der Waals surface area contributed by atoms with Crippen LogP contribution in [-0.4, -0.2) is 59.0 Å². The molecule has 1 aromatic heterocycles. The number of nitrogens with one attached hydrogen (secondary N) is 2. The number of hydrogen-bond acceptors (Lipinski definition) is 4. The van der Waals surface area contributed by atoms with Gasteiger partial charge in [0.25, 0.3) is 5.91 Å². The van der Waals surface area contributed by atoms with Gasteiger partial charge in [0.2, 0.25) is 5.91 Å². The van der Waals surface area contributed by atoms with E-state index in [1.165, 1.54) is 4.90 Å². The molecule has 132 valence electrons. The Morgan fingerprint density at radius 2 is 2.04 bits per heavy atom. The Morgan fingerprint density at radius 3 is 2.72 bits per heavy atom. The van der Waals surface area contributed by atoms with Gasteiger partial charge < -0.3 is 10.2 Å². The topological polar surface area (TPSA) is 81.3 Å². The molecule has 2 aromatic rings. The maximum Gasteiger partial charge on any atom is 0.253 e. The number of fused-ring (bicyclic) bond motifs is 1. The lowest BCUT2D eigenvalue weighted by atomic mass is 9.98. The van der Waals surface area contributed by atoms with Crippen molar-refractivity contribution in [3.05, 3.63) is 47.3 Å². The first-order valence-corrected chi connectivity index (χ1v) is 8.30. The number of hydrogen-bond donors (Lipinski definition) is 2. The highest BCUT2D eigenvalue weighted by atomic mass is 16.2. The number of aromatic nitrogens is 2. The molecule has 0 saturated heterocycles. The maximum atomic E-state index is 12.3. The van der Waals surface area contributed by atoms with Crippen molar-refractivity contribution < 1.29 is 9.59 Å². The number of amides is 2. The van der Waals surface area contributed by atoms with Gasteiger partial charge in [-0.15, -0.1) is 0 Å². The molecule has 2 amide bonds. The van der Waals surface area contributed by atoms with Crippen molar-refractivity contribution in [1.29, 1.82) is 0 Å². The van der Waals surface area contributed by atoms with Gasteiger partial charge in [-0.3, -0.25) is 19.6 Å². The fourth-order valence-corrected chi connectivity index (χ4v) is 3.14. The summed E-state index contributed by atoms with van der Waals surface area (Å²) in [6.07, 6.45) is 1.83. The summed E-state index contributed by atoms with van der Waals surface area (Å²) < 4.78 is 0. The van der Waals surface area contributed by atoms with Crippen LogP contribution in [-0.2, 0) is 11.3 Å². The molecule has 0 bridgehead atoms. The monoisotopic (exact) mass is 341 g/mol. The molecule has 0 spiro atoms. The predicted octanol–water partition coefficient (Wildman–Crippen LogP) is 1.67. The summed E-state index contributed by atoms with van der Waals surface area (Å²) >= 11 is 0. The molecule has 1 atom stereocenters. The number of H-pyrrole nitrogens is 1. The molecule has 3 rings (SSSR count). The van der Waals surface area contributed by atoms with Gasteiger partial charge in [0.1, 0.15) is 0 Å². The van der Waals surface area contributed by atoms with Gasteiger partial charge in [0, 0.05) is 55.6 Å². The lowest BCUT2D eigenvalue weighted by molar-refractivity contribution is -0.117. The molecule has 0 radical (unpaired) electrons. The zero-order chi connectivity index (χ0) is 18.0. The summed E-state index contributed by atoms with van der Waals surface area (Å²) in [6, 6.07) is 6.95. The van der Waals surface area contributed by atoms with E-state index in [0.29, 0.717) is 23.7 Å². The van der Waals surface area contributed by atoms with Gasteiger partial charge in [-0.1, -0.05) is 6.92 Å². The number of rotatable bonds is 4. The quantitative estimate of drug-likeness (QED) is 0.886. The molecule has 2 N–H and O–H groups in total. The van der Waals surface area contributed by atoms with Crippen molar-refractivity contribution in [2.24, 2.45) is 0 Å². The third-order valence-electron chi connectivity index (χ3n) is 4.36. The summed E-state index contributed by atoms with van der Waals surface area (Å²) in [6.45, 7) is 3.99. The fourth-order valence-electron chi connectivity index (χ4n) is 3.14. The van der Waals surface area contributed by atoms with E-state index < -0.39 is 0 Å². The maximum absolute atomic E-state index is 12.3. The second-order valence-electron chi connectivity index (χ2n) is 6.70. The summed E-state index contributed by atoms with van der Waals surface area (Å²) in [5.74, 6) is 0.206. The highest BCUT2D eigenvalue weighted by molar-refractivity contribution is 5.96. The van der Waals surface area contributed by atoms with E-state index in [2.05, 4.69) is 27.3 Å². The number of carbonyl (C=O) groups excluding carboxylic acids is 2. The molecule has 0 fully saturated rings. The largest absolute Gasteiger partial charge is 0.345 e. The number of nitrogens with zero attached hydrogens (tertiary/aromatic N) is 3. The van der Waals surface area contributed by atoms with E-state index in [4.69, 9.17) is 0 Å². The Hall–Kier alpha value is -2.67. The molecule has 0 aliphatic carbocycles. The van der Waals surface area contributed by atoms with E-state index >= 15 is 0 Å². The smallest absolute Gasteiger partial charge is 0.253 e. The standard InChI is InChI=1S/C18H23N5O2/c1-12-9-23(10-14-8-19-21-17(12)14)11-16(24)20-15-6-4-13(5-7-15)18(25)22(2)3/h4-8,12H,9-11H2,1-3H3,(H,19,21)(H,20,24). The summed E-state index contributed by atoms with van der Waals surface area (Å²) in [7, 11) is 3.42. The fraction of sp³-hybridized carbons (Fsp3) is 0.389. The van der Waals surface area contributed by atoms with Crippen LogP contribution in [0.5, 0.6) is 0 Å². The predicted molar refractivity (Wildman–Crippen MR) is 95.4 cm³/mol. The second-order valence-corrected chi connectivity index (χ2v) is 6.70. The van der Waals surface area contributed by atoms with Crippen molar-refractivity contribution in [1.82, 2.24) is 20.0 Å². The van der Waals surface area contributed by atoms with Crippen LogP contribution in [0, 0.1) is 0 Å². The molecule has 25 heavy (non-hydrogen) atoms. The molecular weight excluding hydrogens is 318 g/mol. The van der Waals surface area contributed by atoms with Gasteiger partial charge in [-0.2, -0.15) is 5.10 Å². The zero-order valence-corrected chi connectivity index (χ0v) is 14.7. The minimum atomic E-state index is -0.0640. The molecule has 7 nitrogen and oxygen atoms in total. The van der Waals surface area contributed by atoms with Crippen molar-refractivity contribution in [2.75, 3.05) is 32.5 Å². The minimum Gasteiger partial charge on any atom is -0.345 e. The normalized spacial score (nSPS) is 17.0. The lowest BCUT2D eigenvalue weighted by Crippen LogP contribution is -2.38. The number of aromatic amines is 1. The lowest BCUT2D eigenvalue weighted by Gasteiger charge is -2.29. The van der Waals surface area contributed by atoms with Crippen LogP contribution in [0.15, 0.2) is 30.5 Å². The van der Waals surface area contributed by atoms with Gasteiger partial charge in [0.15, 0.2) is 0 Å². The van der Waals surface area contributed by atoms with Crippen LogP contribution >= 0.6 is 0 Å². The van der Waals surface area contributed by atoms with E-state index in [1.807, 2.05) is 6.20 Å². The van der Waals surface area contributed by atoms with E-state index in [-0.39, 0.29) is 11.8 Å². The zero-order valence-electron chi connectivity index (χ0n) is 14.7. The van der Waals surface area contributed by atoms with Gasteiger partial charge in [-0.05, 0) is 24.3 Å². The first kappa shape index (κ1) is 17.2. The van der Waals surface area contributed by atoms with E-state index in [0.717, 1.165) is 24.3 Å². The Morgan fingerprint density at radius 1 is 1.32 bits per heavy atom. The van der Waals surface area contributed by atoms with Crippen LogP contribution in [0.1, 0.15) is 34.5 Å². The van der Waals surface area contributed by atoms with Crippen LogP contribution in [0.4, 0.5) is 5.69 Å². The molecule has 7 heteroatoms. The van der Waals surface area contributed by atoms with Crippen molar-refractivity contribution in [3.8, 4) is 0 Å². The second kappa shape index (κ2) is 7.06. The number of carbonyl (C=O) groups is 2. The number of anilines is 1. The summed E-state index contributed by atoms with van der Waals surface area (Å²) in [4.78, 5) is 27.8. The van der Waals surface area contributed by atoms with E-state index in [1.54, 1.807) is 38.4 Å². The SMILES string of the molecule is CC1CN(CC(=O)Nc2ccc(C(=O)N(C)C)cc2)Cc2cn[nH]c21. The Labute approximate surface area is 147 Å². The van der Waals surface area contributed by atoms with Crippen molar-refractivity contribution >= 4 is 17.5 Å². The third kappa shape index (κ3) is 3.88. The molecule has 1 aliphatic rings. The van der Waals surface area contributed by atoms with Crippen molar-refractivity contribution in [3.63, 3.8) is 0 Å². The van der Waals surface area contributed by atoms with Crippen LogP contribution in [0.2, 0.25) is 0 Å². The first-order valence-electron chi connectivity index (χ1n) is 8.30. The summed E-state index contributed by atoms with van der Waals surface area (Å²) in [5.41, 5.74) is 3.60. The Balaban J connectivity index is 1.57. The highest BCUT2D eigenvalue weighted by Gasteiger charge is 2.25.